The molecular weight excluding hydrogens is 220 g/mol. The molecule has 0 aromatic carbocycles. The molecule has 80 valence electrons. The summed E-state index contributed by atoms with van der Waals surface area (Å²) in [5, 5.41) is 5.67. The van der Waals surface area contributed by atoms with Gasteiger partial charge in [-0.05, 0) is 6.42 Å². The minimum atomic E-state index is -0.535. The fourth-order valence-corrected chi connectivity index (χ4v) is 3.79. The number of fused-ring (bicyclic) bond motifs is 2. The highest BCUT2D eigenvalue weighted by Gasteiger charge is 2.65. The molecule has 1 aliphatic carbocycles. The highest BCUT2D eigenvalue weighted by atomic mass is 32.2. The third-order valence-electron chi connectivity index (χ3n) is 2.86. The average molecular weight is 228 g/mol. The minimum absolute atomic E-state index is 0.120. The van der Waals surface area contributed by atoms with E-state index in [1.54, 1.807) is 11.8 Å². The van der Waals surface area contributed by atoms with Crippen molar-refractivity contribution in [1.29, 1.82) is 0 Å². The first-order chi connectivity index (χ1) is 7.14. The predicted molar refractivity (Wildman–Crippen MR) is 48.8 cm³/mol. The second kappa shape index (κ2) is 3.36. The van der Waals surface area contributed by atoms with Gasteiger partial charge < -0.3 is 5.32 Å². The zero-order chi connectivity index (χ0) is 11.1. The number of carbonyl (C=O) groups excluding carboxylic acids is 4. The van der Waals surface area contributed by atoms with Gasteiger partial charge in [0.2, 0.25) is 0 Å². The first kappa shape index (κ1) is 10.2. The molecule has 7 heteroatoms. The Morgan fingerprint density at radius 1 is 1.40 bits per heavy atom. The Hall–Kier alpha value is -1.33. The van der Waals surface area contributed by atoms with Crippen LogP contribution < -0.4 is 10.6 Å². The Bertz CT molecular complexity index is 366. The lowest BCUT2D eigenvalue weighted by atomic mass is 9.96. The molecule has 0 bridgehead atoms. The number of amides is 3. The van der Waals surface area contributed by atoms with Crippen molar-refractivity contribution in [3.8, 4) is 0 Å². The smallest absolute Gasteiger partial charge is 0.322 e. The maximum absolute atomic E-state index is 11.4. The van der Waals surface area contributed by atoms with Gasteiger partial charge in [-0.3, -0.25) is 10.1 Å². The van der Waals surface area contributed by atoms with E-state index in [9.17, 15) is 9.59 Å². The molecular formula is C8H8N2O4S. The van der Waals surface area contributed by atoms with Crippen LogP contribution >= 0.6 is 11.8 Å². The van der Waals surface area contributed by atoms with Crippen molar-refractivity contribution in [2.45, 2.75) is 17.2 Å². The maximum Gasteiger partial charge on any atom is 0.373 e. The van der Waals surface area contributed by atoms with Crippen LogP contribution in [0.1, 0.15) is 6.42 Å². The Morgan fingerprint density at radius 2 is 2.07 bits per heavy atom. The lowest BCUT2D eigenvalue weighted by molar-refractivity contribution is -0.191. The normalized spacial score (nSPS) is 39.7. The van der Waals surface area contributed by atoms with E-state index in [1.807, 2.05) is 0 Å². The summed E-state index contributed by atoms with van der Waals surface area (Å²) < 4.78 is 0. The van der Waals surface area contributed by atoms with Crippen molar-refractivity contribution in [3.63, 3.8) is 0 Å². The van der Waals surface area contributed by atoms with Gasteiger partial charge in [-0.2, -0.15) is 21.4 Å². The fourth-order valence-electron chi connectivity index (χ4n) is 2.09. The van der Waals surface area contributed by atoms with E-state index in [1.165, 1.54) is 0 Å². The zero-order valence-corrected chi connectivity index (χ0v) is 8.43. The lowest BCUT2D eigenvalue weighted by Crippen LogP contribution is -2.49. The molecule has 2 aliphatic heterocycles. The molecule has 3 atom stereocenters. The molecule has 0 unspecified atom stereocenters. The van der Waals surface area contributed by atoms with Gasteiger partial charge in [0.1, 0.15) is 5.54 Å². The van der Waals surface area contributed by atoms with Gasteiger partial charge in [-0.15, -0.1) is 0 Å². The van der Waals surface area contributed by atoms with Crippen LogP contribution in [-0.4, -0.2) is 34.6 Å². The number of nitrogens with one attached hydrogen (secondary N) is 2. The standard InChI is InChI=1S/C7H8N2O2S.CO2/c10-5-7(9-6(11)8-5)2-12-4-1-3(4)7;2-1-3/h3-4H,1-2H2,(H2,8,9,10,11);/t3-,4+,7+;/m1./s1. The van der Waals surface area contributed by atoms with Gasteiger partial charge in [0, 0.05) is 16.9 Å². The summed E-state index contributed by atoms with van der Waals surface area (Å²) in [6.07, 6.45) is 1.33. The molecule has 0 radical (unpaired) electrons. The molecule has 2 heterocycles. The van der Waals surface area contributed by atoms with E-state index in [0.717, 1.165) is 12.2 Å². The lowest BCUT2D eigenvalue weighted by Gasteiger charge is -2.20. The number of thioether (sulfide) groups is 1. The number of hydrogen-bond acceptors (Lipinski definition) is 5. The summed E-state index contributed by atoms with van der Waals surface area (Å²) in [4.78, 5) is 38.6. The largest absolute Gasteiger partial charge is 0.373 e. The first-order valence-corrected chi connectivity index (χ1v) is 5.43. The van der Waals surface area contributed by atoms with Crippen LogP contribution in [0, 0.1) is 5.92 Å². The van der Waals surface area contributed by atoms with Crippen LogP contribution in [0.2, 0.25) is 0 Å². The molecule has 2 N–H and O–H groups in total. The van der Waals surface area contributed by atoms with Gasteiger partial charge in [0.05, 0.1) is 0 Å². The van der Waals surface area contributed by atoms with Crippen molar-refractivity contribution in [3.05, 3.63) is 0 Å². The summed E-state index contributed by atoms with van der Waals surface area (Å²) in [6, 6.07) is -0.326. The Kier molecular flexibility index (Phi) is 2.28. The third kappa shape index (κ3) is 1.44. The second-order valence-corrected chi connectivity index (χ2v) is 4.88. The van der Waals surface area contributed by atoms with Crippen molar-refractivity contribution < 1.29 is 19.2 Å². The van der Waals surface area contributed by atoms with Crippen LogP contribution in [-0.2, 0) is 14.4 Å². The SMILES string of the molecule is O=C1NC(=O)[C@@]2(CS[C@H]3C[C@H]32)N1.O=C=O. The summed E-state index contributed by atoms with van der Waals surface area (Å²) in [5.41, 5.74) is -0.535. The van der Waals surface area contributed by atoms with E-state index in [4.69, 9.17) is 9.59 Å². The molecule has 3 fully saturated rings. The van der Waals surface area contributed by atoms with E-state index < -0.39 is 5.54 Å². The summed E-state index contributed by atoms with van der Waals surface area (Å²) in [7, 11) is 0. The summed E-state index contributed by atoms with van der Waals surface area (Å²) >= 11 is 1.80. The number of hydrogen-bond donors (Lipinski definition) is 2. The number of urea groups is 1. The molecule has 2 saturated heterocycles. The molecule has 6 nitrogen and oxygen atoms in total. The van der Waals surface area contributed by atoms with Gasteiger partial charge in [0.15, 0.2) is 0 Å². The topological polar surface area (TPSA) is 92.3 Å². The molecule has 3 amide bonds. The van der Waals surface area contributed by atoms with Crippen LogP contribution in [0.5, 0.6) is 0 Å². The maximum atomic E-state index is 11.4. The fraction of sp³-hybridized carbons (Fsp3) is 0.625. The van der Waals surface area contributed by atoms with E-state index in [2.05, 4.69) is 10.6 Å². The third-order valence-corrected chi connectivity index (χ3v) is 4.43. The highest BCUT2D eigenvalue weighted by Crippen LogP contribution is 2.57. The second-order valence-electron chi connectivity index (χ2n) is 3.65. The van der Waals surface area contributed by atoms with Crippen LogP contribution in [0.25, 0.3) is 0 Å². The van der Waals surface area contributed by atoms with E-state index >= 15 is 0 Å². The molecule has 1 spiro atoms. The first-order valence-electron chi connectivity index (χ1n) is 4.38. The monoisotopic (exact) mass is 228 g/mol. The summed E-state index contributed by atoms with van der Waals surface area (Å²) in [6.45, 7) is 0. The molecule has 3 aliphatic rings. The van der Waals surface area contributed by atoms with Crippen LogP contribution in [0.15, 0.2) is 0 Å². The van der Waals surface area contributed by atoms with Crippen molar-refractivity contribution in [1.82, 2.24) is 10.6 Å². The van der Waals surface area contributed by atoms with Crippen LogP contribution in [0.3, 0.4) is 0 Å². The number of rotatable bonds is 0. The highest BCUT2D eigenvalue weighted by molar-refractivity contribution is 8.00. The zero-order valence-electron chi connectivity index (χ0n) is 7.61. The van der Waals surface area contributed by atoms with Crippen LogP contribution in [0.4, 0.5) is 4.79 Å². The number of imide groups is 1. The molecule has 15 heavy (non-hydrogen) atoms. The predicted octanol–water partition coefficient (Wildman–Crippen LogP) is -0.884. The van der Waals surface area contributed by atoms with Gasteiger partial charge in [-0.1, -0.05) is 0 Å². The van der Waals surface area contributed by atoms with Crippen molar-refractivity contribution >= 4 is 29.9 Å². The average Bonchev–Trinajstić information content (AvgIpc) is 2.79. The van der Waals surface area contributed by atoms with E-state index in [0.29, 0.717) is 11.2 Å². The minimum Gasteiger partial charge on any atom is -0.322 e. The molecule has 0 aromatic heterocycles. The quantitative estimate of drug-likeness (QED) is 0.525. The van der Waals surface area contributed by atoms with Crippen molar-refractivity contribution in [2.75, 3.05) is 5.75 Å². The molecule has 1 saturated carbocycles. The number of carbonyl (C=O) groups is 2. The Morgan fingerprint density at radius 3 is 2.40 bits per heavy atom. The Labute approximate surface area is 89.2 Å². The molecule has 3 rings (SSSR count). The Balaban J connectivity index is 0.000000258. The summed E-state index contributed by atoms with van der Waals surface area (Å²) in [5.74, 6) is 1.03. The van der Waals surface area contributed by atoms with Gasteiger partial charge >= 0.3 is 12.2 Å². The van der Waals surface area contributed by atoms with Gasteiger partial charge in [-0.25, -0.2) is 4.79 Å². The molecule has 0 aromatic rings. The van der Waals surface area contributed by atoms with Crippen molar-refractivity contribution in [2.24, 2.45) is 5.92 Å². The van der Waals surface area contributed by atoms with E-state index in [-0.39, 0.29) is 18.1 Å². The van der Waals surface area contributed by atoms with Gasteiger partial charge in [0.25, 0.3) is 5.91 Å².